The number of halogens is 1. The van der Waals surface area contributed by atoms with Crippen LogP contribution in [0.5, 0.6) is 0 Å². The maximum Gasteiger partial charge on any atom is 0.243 e. The molecule has 1 aromatic carbocycles. The lowest BCUT2D eigenvalue weighted by Gasteiger charge is -2.18. The van der Waals surface area contributed by atoms with Gasteiger partial charge in [-0.1, -0.05) is 6.42 Å². The Kier molecular flexibility index (Phi) is 4.62. The topological polar surface area (TPSA) is 92.4 Å². The van der Waals surface area contributed by atoms with Gasteiger partial charge in [-0.3, -0.25) is 0 Å². The Labute approximate surface area is 118 Å². The van der Waals surface area contributed by atoms with E-state index in [9.17, 15) is 17.9 Å². The summed E-state index contributed by atoms with van der Waals surface area (Å²) >= 11 is 0. The fourth-order valence-electron chi connectivity index (χ4n) is 2.64. The third-order valence-corrected chi connectivity index (χ3v) is 5.27. The van der Waals surface area contributed by atoms with Gasteiger partial charge >= 0.3 is 0 Å². The number of hydrogen-bond donors (Lipinski definition) is 3. The summed E-state index contributed by atoms with van der Waals surface area (Å²) in [5, 5.41) is 9.21. The van der Waals surface area contributed by atoms with Crippen LogP contribution in [0.15, 0.2) is 23.1 Å². The zero-order valence-corrected chi connectivity index (χ0v) is 11.9. The van der Waals surface area contributed by atoms with E-state index in [0.717, 1.165) is 31.4 Å². The molecule has 1 fully saturated rings. The van der Waals surface area contributed by atoms with Crippen LogP contribution in [0, 0.1) is 17.7 Å². The van der Waals surface area contributed by atoms with E-state index in [0.29, 0.717) is 0 Å². The molecule has 0 aromatic heterocycles. The summed E-state index contributed by atoms with van der Waals surface area (Å²) in [5.41, 5.74) is 5.69. The van der Waals surface area contributed by atoms with Gasteiger partial charge in [-0.15, -0.1) is 0 Å². The van der Waals surface area contributed by atoms with Gasteiger partial charge in [-0.2, -0.15) is 0 Å². The van der Waals surface area contributed by atoms with Crippen LogP contribution in [0.2, 0.25) is 0 Å². The van der Waals surface area contributed by atoms with Gasteiger partial charge in [0.2, 0.25) is 10.0 Å². The second-order valence-corrected chi connectivity index (χ2v) is 6.91. The van der Waals surface area contributed by atoms with E-state index < -0.39 is 20.7 Å². The van der Waals surface area contributed by atoms with Crippen LogP contribution in [0.25, 0.3) is 0 Å². The summed E-state index contributed by atoms with van der Waals surface area (Å²) in [6.07, 6.45) is 2.74. The number of aliphatic hydroxyl groups excluding tert-OH is 1. The van der Waals surface area contributed by atoms with Crippen LogP contribution in [0.1, 0.15) is 19.3 Å². The lowest BCUT2D eigenvalue weighted by Crippen LogP contribution is -2.32. The van der Waals surface area contributed by atoms with Gasteiger partial charge in [0.1, 0.15) is 10.7 Å². The maximum atomic E-state index is 13.6. The fourth-order valence-corrected chi connectivity index (χ4v) is 3.85. The Bertz CT molecular complexity index is 577. The molecular formula is C13H19FN2O3S. The number of rotatable bonds is 5. The SMILES string of the molecule is Nc1ccc(F)c(S(=O)(=O)NCC2CCCC2CO)c1. The zero-order valence-electron chi connectivity index (χ0n) is 11.0. The highest BCUT2D eigenvalue weighted by Crippen LogP contribution is 2.31. The molecule has 1 aliphatic rings. The highest BCUT2D eigenvalue weighted by Gasteiger charge is 2.28. The Balaban J connectivity index is 2.09. The van der Waals surface area contributed by atoms with Crippen molar-refractivity contribution < 1.29 is 17.9 Å². The minimum absolute atomic E-state index is 0.0546. The van der Waals surface area contributed by atoms with Crippen molar-refractivity contribution in [1.82, 2.24) is 4.72 Å². The van der Waals surface area contributed by atoms with Crippen molar-refractivity contribution in [3.63, 3.8) is 0 Å². The standard InChI is InChI=1S/C13H19FN2O3S/c14-12-5-4-11(15)6-13(12)20(18,19)16-7-9-2-1-3-10(9)8-17/h4-6,9-10,16-17H,1-3,7-8,15H2. The molecule has 2 atom stereocenters. The second-order valence-electron chi connectivity index (χ2n) is 5.18. The largest absolute Gasteiger partial charge is 0.399 e. The number of sulfonamides is 1. The van der Waals surface area contributed by atoms with Crippen LogP contribution >= 0.6 is 0 Å². The number of benzene rings is 1. The molecule has 0 aliphatic heterocycles. The average Bonchev–Trinajstić information content (AvgIpc) is 2.86. The summed E-state index contributed by atoms with van der Waals surface area (Å²) in [6.45, 7) is 0.265. The van der Waals surface area contributed by atoms with Crippen LogP contribution in [-0.2, 0) is 10.0 Å². The average molecular weight is 302 g/mol. The third-order valence-electron chi connectivity index (χ3n) is 3.83. The van der Waals surface area contributed by atoms with Gasteiger partial charge in [-0.05, 0) is 42.9 Å². The van der Waals surface area contributed by atoms with Crippen LogP contribution in [-0.4, -0.2) is 26.7 Å². The van der Waals surface area contributed by atoms with Gasteiger partial charge < -0.3 is 10.8 Å². The second kappa shape index (κ2) is 6.07. The van der Waals surface area contributed by atoms with Crippen LogP contribution < -0.4 is 10.5 Å². The summed E-state index contributed by atoms with van der Waals surface area (Å²) in [5.74, 6) is -0.612. The Morgan fingerprint density at radius 2 is 2.05 bits per heavy atom. The Morgan fingerprint density at radius 1 is 1.35 bits per heavy atom. The molecule has 1 aliphatic carbocycles. The minimum Gasteiger partial charge on any atom is -0.399 e. The molecule has 2 unspecified atom stereocenters. The quantitative estimate of drug-likeness (QED) is 0.710. The van der Waals surface area contributed by atoms with E-state index in [-0.39, 0.29) is 30.7 Å². The summed E-state index contributed by atoms with van der Waals surface area (Å²) in [6, 6.07) is 3.46. The summed E-state index contributed by atoms with van der Waals surface area (Å²) < 4.78 is 40.2. The van der Waals surface area contributed by atoms with Crippen LogP contribution in [0.4, 0.5) is 10.1 Å². The van der Waals surface area contributed by atoms with E-state index in [4.69, 9.17) is 5.73 Å². The monoisotopic (exact) mass is 302 g/mol. The fraction of sp³-hybridized carbons (Fsp3) is 0.538. The molecule has 0 amide bonds. The minimum atomic E-state index is -3.92. The number of hydrogen-bond acceptors (Lipinski definition) is 4. The zero-order chi connectivity index (χ0) is 14.8. The van der Waals surface area contributed by atoms with Gasteiger partial charge in [0.15, 0.2) is 0 Å². The molecule has 0 bridgehead atoms. The van der Waals surface area contributed by atoms with E-state index >= 15 is 0 Å². The summed E-state index contributed by atoms with van der Waals surface area (Å²) in [4.78, 5) is -0.434. The van der Waals surface area contributed by atoms with E-state index in [1.54, 1.807) is 0 Å². The molecule has 0 saturated heterocycles. The van der Waals surface area contributed by atoms with Gasteiger partial charge in [0.25, 0.3) is 0 Å². The normalized spacial score (nSPS) is 23.1. The maximum absolute atomic E-state index is 13.6. The number of nitrogen functional groups attached to an aromatic ring is 1. The predicted octanol–water partition coefficient (Wildman–Crippen LogP) is 1.09. The first-order valence-electron chi connectivity index (χ1n) is 6.59. The molecule has 5 nitrogen and oxygen atoms in total. The summed E-state index contributed by atoms with van der Waals surface area (Å²) in [7, 11) is -3.92. The molecule has 112 valence electrons. The molecule has 20 heavy (non-hydrogen) atoms. The van der Waals surface area contributed by atoms with Crippen molar-refractivity contribution in [2.45, 2.75) is 24.2 Å². The van der Waals surface area contributed by atoms with Crippen molar-refractivity contribution in [3.05, 3.63) is 24.0 Å². The van der Waals surface area contributed by atoms with E-state index in [1.165, 1.54) is 6.07 Å². The predicted molar refractivity (Wildman–Crippen MR) is 73.9 cm³/mol. The van der Waals surface area contributed by atoms with Crippen molar-refractivity contribution in [3.8, 4) is 0 Å². The molecule has 4 N–H and O–H groups in total. The van der Waals surface area contributed by atoms with Crippen molar-refractivity contribution in [2.24, 2.45) is 11.8 Å². The first-order chi connectivity index (χ1) is 9.44. The number of anilines is 1. The van der Waals surface area contributed by atoms with Gasteiger partial charge in [0.05, 0.1) is 0 Å². The molecular weight excluding hydrogens is 283 g/mol. The van der Waals surface area contributed by atoms with Crippen LogP contribution in [0.3, 0.4) is 0 Å². The molecule has 0 spiro atoms. The van der Waals surface area contributed by atoms with Gasteiger partial charge in [-0.25, -0.2) is 17.5 Å². The molecule has 1 aromatic rings. The van der Waals surface area contributed by atoms with Crippen molar-refractivity contribution >= 4 is 15.7 Å². The molecule has 0 radical (unpaired) electrons. The first-order valence-corrected chi connectivity index (χ1v) is 8.08. The number of aliphatic hydroxyl groups is 1. The Morgan fingerprint density at radius 3 is 2.75 bits per heavy atom. The van der Waals surface area contributed by atoms with Crippen molar-refractivity contribution in [2.75, 3.05) is 18.9 Å². The third kappa shape index (κ3) is 3.28. The van der Waals surface area contributed by atoms with E-state index in [1.807, 2.05) is 0 Å². The molecule has 7 heteroatoms. The lowest BCUT2D eigenvalue weighted by atomic mass is 9.97. The molecule has 1 saturated carbocycles. The highest BCUT2D eigenvalue weighted by atomic mass is 32.2. The number of nitrogens with two attached hydrogens (primary N) is 1. The molecule has 0 heterocycles. The Hall–Kier alpha value is -1.18. The smallest absolute Gasteiger partial charge is 0.243 e. The first kappa shape index (κ1) is 15.2. The van der Waals surface area contributed by atoms with Gasteiger partial charge in [0, 0.05) is 18.8 Å². The number of nitrogens with one attached hydrogen (secondary N) is 1. The lowest BCUT2D eigenvalue weighted by molar-refractivity contribution is 0.195. The van der Waals surface area contributed by atoms with Crippen molar-refractivity contribution in [1.29, 1.82) is 0 Å². The molecule has 2 rings (SSSR count). The van der Waals surface area contributed by atoms with E-state index in [2.05, 4.69) is 4.72 Å². The highest BCUT2D eigenvalue weighted by molar-refractivity contribution is 7.89.